The van der Waals surface area contributed by atoms with Gasteiger partial charge in [0.15, 0.2) is 11.5 Å². The fourth-order valence-corrected chi connectivity index (χ4v) is 3.85. The Morgan fingerprint density at radius 3 is 2.77 bits per heavy atom. The van der Waals surface area contributed by atoms with Crippen LogP contribution >= 0.6 is 0 Å². The van der Waals surface area contributed by atoms with Gasteiger partial charge in [0, 0.05) is 12.0 Å². The molecular formula is C17H25N7O2. The first-order valence-electron chi connectivity index (χ1n) is 9.47. The number of carbonyl (C=O) groups excluding carboxylic acids is 1. The normalized spacial score (nSPS) is 24.0. The Morgan fingerprint density at radius 1 is 1.23 bits per heavy atom. The molecule has 140 valence electrons. The lowest BCUT2D eigenvalue weighted by molar-refractivity contribution is 0.0944. The first-order valence-corrected chi connectivity index (χ1v) is 9.47. The van der Waals surface area contributed by atoms with Crippen LogP contribution in [0.25, 0.3) is 0 Å². The molecule has 9 nitrogen and oxygen atoms in total. The Kier molecular flexibility index (Phi) is 4.96. The molecule has 4 rings (SSSR count). The quantitative estimate of drug-likeness (QED) is 0.832. The van der Waals surface area contributed by atoms with Crippen molar-refractivity contribution >= 4 is 5.91 Å². The lowest BCUT2D eigenvalue weighted by atomic mass is 9.92. The van der Waals surface area contributed by atoms with E-state index in [0.717, 1.165) is 38.5 Å². The summed E-state index contributed by atoms with van der Waals surface area (Å²) in [7, 11) is 0. The van der Waals surface area contributed by atoms with Crippen molar-refractivity contribution in [2.45, 2.75) is 75.9 Å². The van der Waals surface area contributed by atoms with Crippen molar-refractivity contribution in [3.8, 4) is 0 Å². The summed E-state index contributed by atoms with van der Waals surface area (Å²) in [5, 5.41) is 14.8. The molecule has 0 bridgehead atoms. The van der Waals surface area contributed by atoms with Crippen LogP contribution in [-0.4, -0.2) is 37.1 Å². The summed E-state index contributed by atoms with van der Waals surface area (Å²) >= 11 is 0. The Labute approximate surface area is 151 Å². The van der Waals surface area contributed by atoms with Gasteiger partial charge in [-0.1, -0.05) is 23.2 Å². The van der Waals surface area contributed by atoms with E-state index in [9.17, 15) is 4.79 Å². The van der Waals surface area contributed by atoms with Crippen molar-refractivity contribution in [2.75, 3.05) is 0 Å². The van der Waals surface area contributed by atoms with Gasteiger partial charge in [-0.15, -0.1) is 5.10 Å². The molecule has 0 radical (unpaired) electrons. The predicted octanol–water partition coefficient (Wildman–Crippen LogP) is 1.69. The molecule has 0 atom stereocenters. The molecule has 0 aromatic carbocycles. The molecule has 2 saturated carbocycles. The highest BCUT2D eigenvalue weighted by atomic mass is 16.5. The second-order valence-corrected chi connectivity index (χ2v) is 7.37. The second kappa shape index (κ2) is 7.53. The van der Waals surface area contributed by atoms with Crippen molar-refractivity contribution < 1.29 is 9.32 Å². The van der Waals surface area contributed by atoms with Crippen LogP contribution in [0.3, 0.4) is 0 Å². The van der Waals surface area contributed by atoms with E-state index in [1.165, 1.54) is 12.8 Å². The van der Waals surface area contributed by atoms with Gasteiger partial charge < -0.3 is 15.6 Å². The number of nitrogens with two attached hydrogens (primary N) is 1. The SMILES string of the molecule is NC1CCC(n2cc(C(=O)NCc3noc(C4CCCC4)n3)nn2)CC1. The zero-order valence-corrected chi connectivity index (χ0v) is 14.8. The highest BCUT2D eigenvalue weighted by molar-refractivity contribution is 5.91. The Bertz CT molecular complexity index is 742. The average Bonchev–Trinajstić information content (AvgIpc) is 3.41. The predicted molar refractivity (Wildman–Crippen MR) is 92.2 cm³/mol. The molecule has 0 aliphatic heterocycles. The minimum Gasteiger partial charge on any atom is -0.343 e. The number of rotatable bonds is 5. The molecule has 0 saturated heterocycles. The highest BCUT2D eigenvalue weighted by Crippen LogP contribution is 2.32. The number of nitrogens with one attached hydrogen (secondary N) is 1. The third-order valence-electron chi connectivity index (χ3n) is 5.45. The van der Waals surface area contributed by atoms with Crippen molar-refractivity contribution in [1.29, 1.82) is 0 Å². The molecule has 0 spiro atoms. The first-order chi connectivity index (χ1) is 12.7. The van der Waals surface area contributed by atoms with Crippen LogP contribution in [0, 0.1) is 0 Å². The number of nitrogens with zero attached hydrogens (tertiary/aromatic N) is 5. The summed E-state index contributed by atoms with van der Waals surface area (Å²) in [6, 6.07) is 0.552. The van der Waals surface area contributed by atoms with E-state index >= 15 is 0 Å². The van der Waals surface area contributed by atoms with Gasteiger partial charge in [-0.05, 0) is 38.5 Å². The van der Waals surface area contributed by atoms with Crippen molar-refractivity contribution in [2.24, 2.45) is 5.73 Å². The zero-order chi connectivity index (χ0) is 17.9. The Morgan fingerprint density at radius 2 is 2.00 bits per heavy atom. The van der Waals surface area contributed by atoms with Crippen LogP contribution in [0.4, 0.5) is 0 Å². The van der Waals surface area contributed by atoms with E-state index in [4.69, 9.17) is 10.3 Å². The van der Waals surface area contributed by atoms with Crippen LogP contribution < -0.4 is 11.1 Å². The van der Waals surface area contributed by atoms with Gasteiger partial charge in [-0.3, -0.25) is 4.79 Å². The summed E-state index contributed by atoms with van der Waals surface area (Å²) in [6.07, 6.45) is 10.2. The van der Waals surface area contributed by atoms with E-state index in [1.807, 2.05) is 0 Å². The largest absolute Gasteiger partial charge is 0.343 e. The molecule has 26 heavy (non-hydrogen) atoms. The summed E-state index contributed by atoms with van der Waals surface area (Å²) in [4.78, 5) is 16.7. The fraction of sp³-hybridized carbons (Fsp3) is 0.706. The van der Waals surface area contributed by atoms with E-state index < -0.39 is 0 Å². The molecular weight excluding hydrogens is 334 g/mol. The maximum Gasteiger partial charge on any atom is 0.273 e. The van der Waals surface area contributed by atoms with E-state index in [1.54, 1.807) is 10.9 Å². The van der Waals surface area contributed by atoms with Crippen LogP contribution in [0.15, 0.2) is 10.7 Å². The molecule has 9 heteroatoms. The van der Waals surface area contributed by atoms with Gasteiger partial charge >= 0.3 is 0 Å². The molecule has 2 aromatic rings. The number of hydrogen-bond donors (Lipinski definition) is 2. The number of hydrogen-bond acceptors (Lipinski definition) is 7. The van der Waals surface area contributed by atoms with E-state index in [0.29, 0.717) is 23.3 Å². The number of aromatic nitrogens is 5. The smallest absolute Gasteiger partial charge is 0.273 e. The molecule has 3 N–H and O–H groups in total. The topological polar surface area (TPSA) is 125 Å². The fourth-order valence-electron chi connectivity index (χ4n) is 3.85. The summed E-state index contributed by atoms with van der Waals surface area (Å²) in [6.45, 7) is 0.222. The Hall–Kier alpha value is -2.29. The van der Waals surface area contributed by atoms with Crippen LogP contribution in [0.2, 0.25) is 0 Å². The van der Waals surface area contributed by atoms with Crippen molar-refractivity contribution in [1.82, 2.24) is 30.5 Å². The van der Waals surface area contributed by atoms with Gasteiger partial charge in [-0.25, -0.2) is 4.68 Å². The van der Waals surface area contributed by atoms with Gasteiger partial charge in [0.05, 0.1) is 18.8 Å². The van der Waals surface area contributed by atoms with Crippen LogP contribution in [0.1, 0.15) is 85.5 Å². The molecule has 2 heterocycles. The third kappa shape index (κ3) is 3.77. The van der Waals surface area contributed by atoms with Crippen LogP contribution in [-0.2, 0) is 6.54 Å². The van der Waals surface area contributed by atoms with Gasteiger partial charge in [-0.2, -0.15) is 4.98 Å². The number of amides is 1. The lowest BCUT2D eigenvalue weighted by Crippen LogP contribution is -2.28. The zero-order valence-electron chi connectivity index (χ0n) is 14.8. The molecule has 2 aliphatic carbocycles. The molecule has 2 aliphatic rings. The third-order valence-corrected chi connectivity index (χ3v) is 5.45. The first kappa shape index (κ1) is 17.1. The monoisotopic (exact) mass is 359 g/mol. The van der Waals surface area contributed by atoms with Crippen molar-refractivity contribution in [3.05, 3.63) is 23.6 Å². The molecule has 1 amide bonds. The molecule has 0 unspecified atom stereocenters. The van der Waals surface area contributed by atoms with E-state index in [2.05, 4.69) is 25.8 Å². The molecule has 2 fully saturated rings. The Balaban J connectivity index is 1.31. The van der Waals surface area contributed by atoms with Gasteiger partial charge in [0.25, 0.3) is 5.91 Å². The second-order valence-electron chi connectivity index (χ2n) is 7.37. The average molecular weight is 359 g/mol. The molecule has 2 aromatic heterocycles. The standard InChI is InChI=1S/C17H25N7O2/c18-12-5-7-13(8-6-12)24-10-14(21-23-24)16(25)19-9-15-20-17(26-22-15)11-3-1-2-4-11/h10-13H,1-9,18H2,(H,19,25). The maximum atomic E-state index is 12.3. The summed E-state index contributed by atoms with van der Waals surface area (Å²) in [5.74, 6) is 1.27. The van der Waals surface area contributed by atoms with Gasteiger partial charge in [0.1, 0.15) is 0 Å². The van der Waals surface area contributed by atoms with Crippen molar-refractivity contribution in [3.63, 3.8) is 0 Å². The minimum absolute atomic E-state index is 0.222. The lowest BCUT2D eigenvalue weighted by Gasteiger charge is -2.25. The van der Waals surface area contributed by atoms with E-state index in [-0.39, 0.29) is 24.5 Å². The number of carbonyl (C=O) groups is 1. The van der Waals surface area contributed by atoms with Crippen LogP contribution in [0.5, 0.6) is 0 Å². The summed E-state index contributed by atoms with van der Waals surface area (Å²) < 4.78 is 7.11. The highest BCUT2D eigenvalue weighted by Gasteiger charge is 2.24. The minimum atomic E-state index is -0.282. The maximum absolute atomic E-state index is 12.3. The van der Waals surface area contributed by atoms with Gasteiger partial charge in [0.2, 0.25) is 5.89 Å². The summed E-state index contributed by atoms with van der Waals surface area (Å²) in [5.41, 5.74) is 6.24.